The lowest BCUT2D eigenvalue weighted by molar-refractivity contribution is 0.194. The highest BCUT2D eigenvalue weighted by Gasteiger charge is 2.63. The summed E-state index contributed by atoms with van der Waals surface area (Å²) in [6, 6.07) is 46.5. The molecule has 0 bridgehead atoms. The predicted molar refractivity (Wildman–Crippen MR) is 293 cm³/mol. The second kappa shape index (κ2) is 14.2. The molecule has 0 aromatic heterocycles. The molecule has 2 fully saturated rings. The molecule has 2 saturated carbocycles. The van der Waals surface area contributed by atoms with Gasteiger partial charge in [0, 0.05) is 50.6 Å². The Balaban J connectivity index is 1.22. The first kappa shape index (κ1) is 44.0. The van der Waals surface area contributed by atoms with Crippen LogP contribution in [-0.2, 0) is 27.1 Å². The van der Waals surface area contributed by atoms with E-state index in [9.17, 15) is 0 Å². The molecule has 68 heavy (non-hydrogen) atoms. The van der Waals surface area contributed by atoms with Crippen molar-refractivity contribution in [3.8, 4) is 11.1 Å². The Morgan fingerprint density at radius 1 is 0.426 bits per heavy atom. The number of anilines is 7. The van der Waals surface area contributed by atoms with Crippen molar-refractivity contribution in [1.82, 2.24) is 0 Å². The van der Waals surface area contributed by atoms with E-state index in [2.05, 4.69) is 220 Å². The molecule has 6 aromatic carbocycles. The molecular weight excluding hydrogens is 822 g/mol. The van der Waals surface area contributed by atoms with Crippen LogP contribution in [0.1, 0.15) is 169 Å². The molecular formula is C64H74BN3. The van der Waals surface area contributed by atoms with Gasteiger partial charge in [-0.2, -0.15) is 0 Å². The second-order valence-electron chi connectivity index (χ2n) is 26.1. The van der Waals surface area contributed by atoms with Crippen LogP contribution in [0.25, 0.3) is 11.1 Å². The quantitative estimate of drug-likeness (QED) is 0.164. The van der Waals surface area contributed by atoms with Crippen molar-refractivity contribution in [1.29, 1.82) is 0 Å². The SMILES string of the molecule is CC(C)(C)c1cccc(N2c3cc(C(C)(C)C)ccc3B3c4cc(-c5ccccc5)cc5c4N(c4cc(N6c7ccc(C(C)(C)C)cc7C7(C)CCCCC67C)cc2c43)C2(C)CCCCC52C)c1. The monoisotopic (exact) mass is 896 g/mol. The fourth-order valence-corrected chi connectivity index (χ4v) is 14.7. The zero-order valence-corrected chi connectivity index (χ0v) is 43.5. The number of fused-ring (bicyclic) bond motifs is 10. The molecule has 0 amide bonds. The van der Waals surface area contributed by atoms with Crippen molar-refractivity contribution in [3.05, 3.63) is 143 Å². The first-order valence-electron chi connectivity index (χ1n) is 26.3. The van der Waals surface area contributed by atoms with Crippen LogP contribution in [0.2, 0.25) is 0 Å². The number of rotatable bonds is 3. The van der Waals surface area contributed by atoms with Crippen molar-refractivity contribution in [2.24, 2.45) is 0 Å². The van der Waals surface area contributed by atoms with E-state index in [1.807, 2.05) is 0 Å². The molecule has 4 atom stereocenters. The van der Waals surface area contributed by atoms with Gasteiger partial charge < -0.3 is 14.7 Å². The zero-order chi connectivity index (χ0) is 47.7. The Labute approximate surface area is 409 Å². The maximum absolute atomic E-state index is 2.95. The van der Waals surface area contributed by atoms with Gasteiger partial charge in [0.05, 0.1) is 11.1 Å². The molecule has 6 aromatic rings. The summed E-state index contributed by atoms with van der Waals surface area (Å²) in [5.41, 5.74) is 23.6. The van der Waals surface area contributed by atoms with E-state index in [1.165, 1.54) is 135 Å². The number of hydrogen-bond acceptors (Lipinski definition) is 3. The summed E-state index contributed by atoms with van der Waals surface area (Å²) in [7, 11) is 0. The molecule has 2 aliphatic carbocycles. The third kappa shape index (κ3) is 5.85. The van der Waals surface area contributed by atoms with Gasteiger partial charge in [0.1, 0.15) is 0 Å². The van der Waals surface area contributed by atoms with Crippen molar-refractivity contribution in [3.63, 3.8) is 0 Å². The van der Waals surface area contributed by atoms with Crippen LogP contribution < -0.4 is 31.1 Å². The van der Waals surface area contributed by atoms with E-state index >= 15 is 0 Å². The summed E-state index contributed by atoms with van der Waals surface area (Å²) in [5, 5.41) is 0. The van der Waals surface area contributed by atoms with Crippen molar-refractivity contribution >= 4 is 62.9 Å². The Hall–Kier alpha value is -5.22. The smallest absolute Gasteiger partial charge is 0.252 e. The first-order valence-corrected chi connectivity index (χ1v) is 26.3. The largest absolute Gasteiger partial charge is 0.335 e. The fourth-order valence-electron chi connectivity index (χ4n) is 14.7. The minimum absolute atomic E-state index is 0.00431. The van der Waals surface area contributed by atoms with Crippen molar-refractivity contribution in [2.75, 3.05) is 14.7 Å². The van der Waals surface area contributed by atoms with Crippen LogP contribution in [0.5, 0.6) is 0 Å². The van der Waals surface area contributed by atoms with Gasteiger partial charge in [-0.25, -0.2) is 0 Å². The van der Waals surface area contributed by atoms with E-state index in [0.29, 0.717) is 0 Å². The third-order valence-electron chi connectivity index (χ3n) is 19.2. The summed E-state index contributed by atoms with van der Waals surface area (Å²) >= 11 is 0. The lowest BCUT2D eigenvalue weighted by Crippen LogP contribution is -2.64. The van der Waals surface area contributed by atoms with Crippen LogP contribution in [-0.4, -0.2) is 17.8 Å². The highest BCUT2D eigenvalue weighted by atomic mass is 15.3. The van der Waals surface area contributed by atoms with Gasteiger partial charge in [-0.05, 0) is 154 Å². The van der Waals surface area contributed by atoms with Crippen molar-refractivity contribution < 1.29 is 0 Å². The molecule has 12 rings (SSSR count). The molecule has 0 saturated heterocycles. The van der Waals surface area contributed by atoms with Gasteiger partial charge in [-0.15, -0.1) is 0 Å². The van der Waals surface area contributed by atoms with Crippen LogP contribution in [0.15, 0.2) is 115 Å². The second-order valence-corrected chi connectivity index (χ2v) is 26.1. The minimum Gasteiger partial charge on any atom is -0.335 e. The van der Waals surface area contributed by atoms with Crippen molar-refractivity contribution in [2.45, 2.75) is 180 Å². The average molecular weight is 896 g/mol. The summed E-state index contributed by atoms with van der Waals surface area (Å²) in [6.07, 6.45) is 9.78. The van der Waals surface area contributed by atoms with Crippen LogP contribution in [0, 0.1) is 0 Å². The Kier molecular flexibility index (Phi) is 9.19. The lowest BCUT2D eigenvalue weighted by Gasteiger charge is -2.54. The maximum Gasteiger partial charge on any atom is 0.252 e. The highest BCUT2D eigenvalue weighted by Crippen LogP contribution is 2.65. The number of hydrogen-bond donors (Lipinski definition) is 0. The standard InChI is InChI=1S/C64H74BN3/c1-58(2,3)43-24-21-25-46(36-43)66-53-38-45(60(7,8)9)26-28-50(53)65-51-35-42(41-22-15-14-16-23-41)34-49-57(51)68(64(13)33-20-18-31-62(49,64)11)55-40-47(39-54(66)56(55)65)67-52-29-27-44(59(4,5)6)37-48(52)61(10)30-17-19-32-63(61,67)12/h14-16,21-29,34-40H,17-20,30-33H2,1-13H3. The van der Waals surface area contributed by atoms with Crippen LogP contribution in [0.4, 0.5) is 39.8 Å². The van der Waals surface area contributed by atoms with E-state index in [4.69, 9.17) is 0 Å². The van der Waals surface area contributed by atoms with Crippen LogP contribution >= 0.6 is 0 Å². The van der Waals surface area contributed by atoms with Gasteiger partial charge in [0.15, 0.2) is 0 Å². The molecule has 0 radical (unpaired) electrons. The van der Waals surface area contributed by atoms with E-state index < -0.39 is 0 Å². The predicted octanol–water partition coefficient (Wildman–Crippen LogP) is 15.3. The molecule has 0 spiro atoms. The Bertz CT molecular complexity index is 3070. The zero-order valence-electron chi connectivity index (χ0n) is 43.5. The van der Waals surface area contributed by atoms with E-state index in [1.54, 1.807) is 11.1 Å². The number of benzene rings is 6. The Morgan fingerprint density at radius 2 is 1.01 bits per heavy atom. The molecule has 4 unspecified atom stereocenters. The fraction of sp³-hybridized carbons (Fsp3) is 0.438. The van der Waals surface area contributed by atoms with Gasteiger partial charge in [-0.1, -0.05) is 175 Å². The molecule has 3 nitrogen and oxygen atoms in total. The Morgan fingerprint density at radius 3 is 1.69 bits per heavy atom. The third-order valence-corrected chi connectivity index (χ3v) is 19.2. The molecule has 4 heteroatoms. The van der Waals surface area contributed by atoms with E-state index in [0.717, 1.165) is 0 Å². The van der Waals surface area contributed by atoms with Gasteiger partial charge in [0.25, 0.3) is 6.71 Å². The normalized spacial score (nSPS) is 25.7. The summed E-state index contributed by atoms with van der Waals surface area (Å²) in [6.45, 7) is 31.9. The molecule has 4 aliphatic heterocycles. The highest BCUT2D eigenvalue weighted by molar-refractivity contribution is 7.00. The molecule has 348 valence electrons. The summed E-state index contributed by atoms with van der Waals surface area (Å²) in [5.74, 6) is 0. The minimum atomic E-state index is -0.101. The summed E-state index contributed by atoms with van der Waals surface area (Å²) in [4.78, 5) is 8.54. The average Bonchev–Trinajstić information content (AvgIpc) is 3.64. The van der Waals surface area contributed by atoms with Gasteiger partial charge in [-0.3, -0.25) is 0 Å². The first-order chi connectivity index (χ1) is 32.1. The maximum atomic E-state index is 2.95. The molecule has 6 aliphatic rings. The van der Waals surface area contributed by atoms with Gasteiger partial charge in [0.2, 0.25) is 0 Å². The number of nitrogens with zero attached hydrogens (tertiary/aromatic N) is 3. The van der Waals surface area contributed by atoms with E-state index in [-0.39, 0.29) is 44.9 Å². The van der Waals surface area contributed by atoms with Gasteiger partial charge >= 0.3 is 0 Å². The molecule has 4 heterocycles. The lowest BCUT2D eigenvalue weighted by atomic mass is 9.33. The topological polar surface area (TPSA) is 9.72 Å². The molecule has 0 N–H and O–H groups in total. The summed E-state index contributed by atoms with van der Waals surface area (Å²) < 4.78 is 0. The van der Waals surface area contributed by atoms with Crippen LogP contribution in [0.3, 0.4) is 0 Å².